The van der Waals surface area contributed by atoms with Crippen LogP contribution in [0.25, 0.3) is 0 Å². The first-order chi connectivity index (χ1) is 8.26. The lowest BCUT2D eigenvalue weighted by atomic mass is 10.1. The summed E-state index contributed by atoms with van der Waals surface area (Å²) in [6.45, 7) is 6.46. The van der Waals surface area contributed by atoms with E-state index in [0.29, 0.717) is 6.04 Å². The van der Waals surface area contributed by atoms with Gasteiger partial charge in [-0.05, 0) is 38.8 Å². The summed E-state index contributed by atoms with van der Waals surface area (Å²) in [5.41, 5.74) is 0. The monoisotopic (exact) mass is 242 g/mol. The zero-order valence-electron chi connectivity index (χ0n) is 11.1. The van der Waals surface area contributed by atoms with E-state index < -0.39 is 0 Å². The van der Waals surface area contributed by atoms with E-state index in [1.807, 2.05) is 0 Å². The van der Waals surface area contributed by atoms with Crippen LogP contribution in [-0.2, 0) is 9.53 Å². The highest BCUT2D eigenvalue weighted by Crippen LogP contribution is 2.07. The molecule has 0 saturated carbocycles. The van der Waals surface area contributed by atoms with Gasteiger partial charge in [-0.15, -0.1) is 0 Å². The first-order valence-corrected chi connectivity index (χ1v) is 6.88. The second kappa shape index (κ2) is 8.48. The second-order valence-corrected chi connectivity index (χ2v) is 4.72. The SMILES string of the molecule is CCCC(CC)NC(=O)COC1CCNCC1. The van der Waals surface area contributed by atoms with Crippen LogP contribution in [0.2, 0.25) is 0 Å². The van der Waals surface area contributed by atoms with Crippen molar-refractivity contribution in [3.8, 4) is 0 Å². The number of amides is 1. The summed E-state index contributed by atoms with van der Waals surface area (Å²) in [6.07, 6.45) is 5.43. The van der Waals surface area contributed by atoms with Crippen LogP contribution in [0, 0.1) is 0 Å². The smallest absolute Gasteiger partial charge is 0.246 e. The van der Waals surface area contributed by atoms with Gasteiger partial charge in [0.25, 0.3) is 0 Å². The summed E-state index contributed by atoms with van der Waals surface area (Å²) in [7, 11) is 0. The topological polar surface area (TPSA) is 50.4 Å². The molecule has 0 aliphatic carbocycles. The molecule has 0 bridgehead atoms. The van der Waals surface area contributed by atoms with Crippen molar-refractivity contribution in [3.05, 3.63) is 0 Å². The minimum Gasteiger partial charge on any atom is -0.368 e. The van der Waals surface area contributed by atoms with Gasteiger partial charge in [-0.1, -0.05) is 20.3 Å². The first-order valence-electron chi connectivity index (χ1n) is 6.88. The molecule has 1 unspecified atom stereocenters. The summed E-state index contributed by atoms with van der Waals surface area (Å²) < 4.78 is 5.62. The van der Waals surface area contributed by atoms with E-state index in [1.165, 1.54) is 0 Å². The summed E-state index contributed by atoms with van der Waals surface area (Å²) in [5.74, 6) is 0.0313. The normalized spacial score (nSPS) is 18.9. The Kier molecular flexibility index (Phi) is 7.21. The fourth-order valence-electron chi connectivity index (χ4n) is 2.15. The van der Waals surface area contributed by atoms with E-state index >= 15 is 0 Å². The van der Waals surface area contributed by atoms with Gasteiger partial charge in [0.2, 0.25) is 5.91 Å². The van der Waals surface area contributed by atoms with Gasteiger partial charge in [0.15, 0.2) is 0 Å². The van der Waals surface area contributed by atoms with Crippen LogP contribution in [0.4, 0.5) is 0 Å². The Labute approximate surface area is 104 Å². The Morgan fingerprint density at radius 2 is 2.12 bits per heavy atom. The molecular formula is C13H26N2O2. The minimum absolute atomic E-state index is 0.0313. The van der Waals surface area contributed by atoms with E-state index in [2.05, 4.69) is 24.5 Å². The Bertz CT molecular complexity index is 215. The van der Waals surface area contributed by atoms with Crippen molar-refractivity contribution in [1.82, 2.24) is 10.6 Å². The lowest BCUT2D eigenvalue weighted by Gasteiger charge is -2.23. The summed E-state index contributed by atoms with van der Waals surface area (Å²) >= 11 is 0. The quantitative estimate of drug-likeness (QED) is 0.710. The average molecular weight is 242 g/mol. The van der Waals surface area contributed by atoms with Crippen LogP contribution in [0.15, 0.2) is 0 Å². The van der Waals surface area contributed by atoms with E-state index in [4.69, 9.17) is 4.74 Å². The predicted octanol–water partition coefficient (Wildman–Crippen LogP) is 1.45. The third-order valence-electron chi connectivity index (χ3n) is 3.23. The molecule has 1 amide bonds. The standard InChI is InChI=1S/C13H26N2O2/c1-3-5-11(4-2)15-13(16)10-17-12-6-8-14-9-7-12/h11-12,14H,3-10H2,1-2H3,(H,15,16). The molecule has 0 spiro atoms. The highest BCUT2D eigenvalue weighted by atomic mass is 16.5. The Hall–Kier alpha value is -0.610. The highest BCUT2D eigenvalue weighted by molar-refractivity contribution is 5.77. The second-order valence-electron chi connectivity index (χ2n) is 4.72. The minimum atomic E-state index is 0.0313. The summed E-state index contributed by atoms with van der Waals surface area (Å²) in [5, 5.41) is 6.31. The average Bonchev–Trinajstić information content (AvgIpc) is 2.37. The van der Waals surface area contributed by atoms with Gasteiger partial charge in [0.05, 0.1) is 6.10 Å². The van der Waals surface area contributed by atoms with Crippen molar-refractivity contribution in [2.75, 3.05) is 19.7 Å². The number of rotatable bonds is 7. The van der Waals surface area contributed by atoms with E-state index in [0.717, 1.165) is 45.2 Å². The molecule has 100 valence electrons. The molecular weight excluding hydrogens is 216 g/mol. The molecule has 4 heteroatoms. The third-order valence-corrected chi connectivity index (χ3v) is 3.23. The van der Waals surface area contributed by atoms with Crippen LogP contribution < -0.4 is 10.6 Å². The van der Waals surface area contributed by atoms with Crippen molar-refractivity contribution in [3.63, 3.8) is 0 Å². The molecule has 4 nitrogen and oxygen atoms in total. The largest absolute Gasteiger partial charge is 0.368 e. The Balaban J connectivity index is 2.14. The van der Waals surface area contributed by atoms with E-state index in [-0.39, 0.29) is 18.6 Å². The number of carbonyl (C=O) groups excluding carboxylic acids is 1. The fraction of sp³-hybridized carbons (Fsp3) is 0.923. The Morgan fingerprint density at radius 3 is 2.71 bits per heavy atom. The van der Waals surface area contributed by atoms with Gasteiger partial charge in [-0.3, -0.25) is 4.79 Å². The highest BCUT2D eigenvalue weighted by Gasteiger charge is 2.15. The lowest BCUT2D eigenvalue weighted by Crippen LogP contribution is -2.39. The van der Waals surface area contributed by atoms with Crippen molar-refractivity contribution in [1.29, 1.82) is 0 Å². The van der Waals surface area contributed by atoms with Crippen LogP contribution >= 0.6 is 0 Å². The number of ether oxygens (including phenoxy) is 1. The van der Waals surface area contributed by atoms with Crippen LogP contribution in [0.3, 0.4) is 0 Å². The maximum atomic E-state index is 11.7. The molecule has 0 aromatic carbocycles. The van der Waals surface area contributed by atoms with Crippen molar-refractivity contribution in [2.24, 2.45) is 0 Å². The van der Waals surface area contributed by atoms with Crippen LogP contribution in [0.1, 0.15) is 46.0 Å². The summed E-state index contributed by atoms with van der Waals surface area (Å²) in [4.78, 5) is 11.7. The molecule has 1 aliphatic heterocycles. The zero-order chi connectivity index (χ0) is 12.5. The molecule has 1 atom stereocenters. The zero-order valence-corrected chi connectivity index (χ0v) is 11.1. The van der Waals surface area contributed by atoms with Crippen molar-refractivity contribution < 1.29 is 9.53 Å². The lowest BCUT2D eigenvalue weighted by molar-refractivity contribution is -0.129. The molecule has 0 radical (unpaired) electrons. The first kappa shape index (κ1) is 14.5. The van der Waals surface area contributed by atoms with Crippen molar-refractivity contribution in [2.45, 2.75) is 58.1 Å². The molecule has 1 rings (SSSR count). The molecule has 0 aromatic heterocycles. The molecule has 1 aliphatic rings. The molecule has 1 heterocycles. The van der Waals surface area contributed by atoms with E-state index in [1.54, 1.807) is 0 Å². The molecule has 2 N–H and O–H groups in total. The van der Waals surface area contributed by atoms with Gasteiger partial charge in [-0.25, -0.2) is 0 Å². The van der Waals surface area contributed by atoms with Crippen molar-refractivity contribution >= 4 is 5.91 Å². The van der Waals surface area contributed by atoms with Crippen LogP contribution in [-0.4, -0.2) is 37.7 Å². The maximum Gasteiger partial charge on any atom is 0.246 e. The molecule has 1 saturated heterocycles. The number of nitrogens with one attached hydrogen (secondary N) is 2. The molecule has 0 aromatic rings. The third kappa shape index (κ3) is 6.03. The van der Waals surface area contributed by atoms with Gasteiger partial charge >= 0.3 is 0 Å². The fourth-order valence-corrected chi connectivity index (χ4v) is 2.15. The maximum absolute atomic E-state index is 11.7. The van der Waals surface area contributed by atoms with E-state index in [9.17, 15) is 4.79 Å². The van der Waals surface area contributed by atoms with Gasteiger partial charge < -0.3 is 15.4 Å². The van der Waals surface area contributed by atoms with Crippen LogP contribution in [0.5, 0.6) is 0 Å². The Morgan fingerprint density at radius 1 is 1.41 bits per heavy atom. The summed E-state index contributed by atoms with van der Waals surface area (Å²) in [6, 6.07) is 0.309. The van der Waals surface area contributed by atoms with Gasteiger partial charge in [0.1, 0.15) is 6.61 Å². The predicted molar refractivity (Wildman–Crippen MR) is 69.0 cm³/mol. The molecule has 17 heavy (non-hydrogen) atoms. The number of piperidine rings is 1. The number of hydrogen-bond donors (Lipinski definition) is 2. The number of carbonyl (C=O) groups is 1. The van der Waals surface area contributed by atoms with Gasteiger partial charge in [0, 0.05) is 6.04 Å². The molecule has 1 fully saturated rings. The number of hydrogen-bond acceptors (Lipinski definition) is 3. The van der Waals surface area contributed by atoms with Gasteiger partial charge in [-0.2, -0.15) is 0 Å².